The van der Waals surface area contributed by atoms with Crippen LogP contribution >= 0.6 is 0 Å². The first-order chi connectivity index (χ1) is 20.4. The standard InChI is InChI=1S/C29H30F4N6O3S/c1-17-5-6-20-21(7-8-23(31)25(20)39-43(40,41)13-10-29(2,32)33)26(17)42-27-22(4-3-11-35-27)24-9-12-36-28(38-24)37-19-14-18(30)15-34-16-19/h3-9,11-12,18-19,34,39H,10,13-16H2,1-2H3,(H,36,37,38)/t18-,19-/m0/s1. The summed E-state index contributed by atoms with van der Waals surface area (Å²) in [5, 5.41) is 6.72. The Morgan fingerprint density at radius 1 is 1.07 bits per heavy atom. The highest BCUT2D eigenvalue weighted by atomic mass is 32.2. The Morgan fingerprint density at radius 2 is 1.86 bits per heavy atom. The number of fused-ring (bicyclic) bond motifs is 1. The number of nitrogens with zero attached hydrogens (tertiary/aromatic N) is 3. The normalized spacial score (nSPS) is 17.5. The van der Waals surface area contributed by atoms with Crippen LogP contribution in [0.4, 0.5) is 29.2 Å². The van der Waals surface area contributed by atoms with Crippen LogP contribution in [0.5, 0.6) is 11.6 Å². The summed E-state index contributed by atoms with van der Waals surface area (Å²) in [7, 11) is -4.29. The maximum atomic E-state index is 14.9. The molecular formula is C29H30F4N6O3S. The van der Waals surface area contributed by atoms with Gasteiger partial charge >= 0.3 is 0 Å². The fourth-order valence-corrected chi connectivity index (χ4v) is 5.99. The van der Waals surface area contributed by atoms with Crippen LogP contribution in [0.2, 0.25) is 0 Å². The van der Waals surface area contributed by atoms with Gasteiger partial charge in [-0.25, -0.2) is 40.9 Å². The third-order valence-corrected chi connectivity index (χ3v) is 8.15. The number of aryl methyl sites for hydroxylation is 1. The average Bonchev–Trinajstić information content (AvgIpc) is 2.95. The van der Waals surface area contributed by atoms with E-state index in [0.29, 0.717) is 54.6 Å². The van der Waals surface area contributed by atoms with Gasteiger partial charge in [-0.3, -0.25) is 4.72 Å². The van der Waals surface area contributed by atoms with Gasteiger partial charge in [-0.1, -0.05) is 12.1 Å². The second-order valence-electron chi connectivity index (χ2n) is 10.5. The molecule has 2 aromatic heterocycles. The van der Waals surface area contributed by atoms with Gasteiger partial charge in [-0.2, -0.15) is 0 Å². The van der Waals surface area contributed by atoms with Crippen LogP contribution in [-0.4, -0.2) is 60.3 Å². The maximum Gasteiger partial charge on any atom is 0.246 e. The van der Waals surface area contributed by atoms with Crippen molar-refractivity contribution in [1.29, 1.82) is 0 Å². The number of alkyl halides is 3. The van der Waals surface area contributed by atoms with E-state index < -0.39 is 40.1 Å². The molecule has 2 atom stereocenters. The molecular weight excluding hydrogens is 588 g/mol. The van der Waals surface area contributed by atoms with Gasteiger partial charge in [0.15, 0.2) is 0 Å². The number of pyridine rings is 1. The minimum absolute atomic E-state index is 0.169. The lowest BCUT2D eigenvalue weighted by atomic mass is 10.0. The van der Waals surface area contributed by atoms with Crippen molar-refractivity contribution >= 4 is 32.4 Å². The predicted octanol–water partition coefficient (Wildman–Crippen LogP) is 5.83. The topological polar surface area (TPSA) is 118 Å². The molecule has 0 radical (unpaired) electrons. The summed E-state index contributed by atoms with van der Waals surface area (Å²) in [5.41, 5.74) is 1.26. The molecule has 4 aromatic rings. The van der Waals surface area contributed by atoms with Crippen molar-refractivity contribution in [3.05, 3.63) is 66.2 Å². The molecule has 0 saturated carbocycles. The number of halogens is 4. The van der Waals surface area contributed by atoms with E-state index in [9.17, 15) is 26.0 Å². The second-order valence-corrected chi connectivity index (χ2v) is 12.4. The first kappa shape index (κ1) is 30.4. The minimum atomic E-state index is -4.29. The quantitative estimate of drug-likeness (QED) is 0.190. The van der Waals surface area contributed by atoms with E-state index in [4.69, 9.17) is 4.74 Å². The Hall–Kier alpha value is -4.04. The molecule has 43 heavy (non-hydrogen) atoms. The van der Waals surface area contributed by atoms with Crippen LogP contribution in [0.25, 0.3) is 22.0 Å². The SMILES string of the molecule is Cc1ccc2c(NS(=O)(=O)CCC(C)(F)F)c(F)ccc2c1Oc1ncccc1-c1ccnc(N[C@@H]2CNC[C@@H](F)C2)n1. The number of benzene rings is 2. The van der Waals surface area contributed by atoms with E-state index in [0.717, 1.165) is 6.07 Å². The lowest BCUT2D eigenvalue weighted by Gasteiger charge is -2.26. The number of piperidine rings is 1. The largest absolute Gasteiger partial charge is 0.437 e. The molecule has 3 N–H and O–H groups in total. The number of rotatable bonds is 10. The van der Waals surface area contributed by atoms with Crippen molar-refractivity contribution in [1.82, 2.24) is 20.3 Å². The van der Waals surface area contributed by atoms with E-state index in [-0.39, 0.29) is 28.7 Å². The van der Waals surface area contributed by atoms with Crippen LogP contribution < -0.4 is 20.1 Å². The maximum absolute atomic E-state index is 14.9. The highest BCUT2D eigenvalue weighted by Crippen LogP contribution is 2.40. The lowest BCUT2D eigenvalue weighted by Crippen LogP contribution is -2.44. The molecule has 3 heterocycles. The van der Waals surface area contributed by atoms with Crippen LogP contribution in [0.15, 0.2) is 54.9 Å². The van der Waals surface area contributed by atoms with Gasteiger partial charge in [-0.15, -0.1) is 0 Å². The van der Waals surface area contributed by atoms with Crippen LogP contribution in [0.3, 0.4) is 0 Å². The minimum Gasteiger partial charge on any atom is -0.437 e. The van der Waals surface area contributed by atoms with E-state index in [1.54, 1.807) is 37.4 Å². The molecule has 1 fully saturated rings. The van der Waals surface area contributed by atoms with Crippen molar-refractivity contribution in [3.63, 3.8) is 0 Å². The van der Waals surface area contributed by atoms with Crippen LogP contribution in [0, 0.1) is 12.7 Å². The number of nitrogens with one attached hydrogen (secondary N) is 3. The smallest absolute Gasteiger partial charge is 0.246 e. The zero-order chi connectivity index (χ0) is 30.8. The lowest BCUT2D eigenvalue weighted by molar-refractivity contribution is 0.0189. The molecule has 0 unspecified atom stereocenters. The Balaban J connectivity index is 1.47. The van der Waals surface area contributed by atoms with E-state index in [1.807, 2.05) is 0 Å². The van der Waals surface area contributed by atoms with Gasteiger partial charge in [0, 0.05) is 55.1 Å². The van der Waals surface area contributed by atoms with Crippen LogP contribution in [-0.2, 0) is 10.0 Å². The molecule has 0 bridgehead atoms. The van der Waals surface area contributed by atoms with Crippen molar-refractivity contribution in [2.75, 3.05) is 28.9 Å². The van der Waals surface area contributed by atoms with E-state index in [1.165, 1.54) is 18.3 Å². The fraction of sp³-hybridized carbons (Fsp3) is 0.345. The zero-order valence-electron chi connectivity index (χ0n) is 23.4. The van der Waals surface area contributed by atoms with Crippen LogP contribution in [0.1, 0.15) is 25.3 Å². The molecule has 2 aromatic carbocycles. The average molecular weight is 619 g/mol. The monoisotopic (exact) mass is 618 g/mol. The van der Waals surface area contributed by atoms with Crippen molar-refractivity contribution in [3.8, 4) is 22.9 Å². The third kappa shape index (κ3) is 7.49. The van der Waals surface area contributed by atoms with E-state index >= 15 is 0 Å². The van der Waals surface area contributed by atoms with Gasteiger partial charge in [0.1, 0.15) is 17.7 Å². The molecule has 0 spiro atoms. The third-order valence-electron chi connectivity index (χ3n) is 6.90. The van der Waals surface area contributed by atoms with Crippen molar-refractivity contribution in [2.24, 2.45) is 0 Å². The number of hydrogen-bond donors (Lipinski definition) is 3. The van der Waals surface area contributed by atoms with Gasteiger partial charge in [0.25, 0.3) is 0 Å². The second kappa shape index (κ2) is 12.3. The summed E-state index contributed by atoms with van der Waals surface area (Å²) in [5.74, 6) is -4.20. The number of hydrogen-bond acceptors (Lipinski definition) is 8. The Labute approximate surface area is 246 Å². The van der Waals surface area contributed by atoms with Gasteiger partial charge < -0.3 is 15.4 Å². The summed E-state index contributed by atoms with van der Waals surface area (Å²) in [6.45, 7) is 3.25. The number of anilines is 2. The van der Waals surface area contributed by atoms with Gasteiger partial charge in [0.2, 0.25) is 27.8 Å². The summed E-state index contributed by atoms with van der Waals surface area (Å²) in [4.78, 5) is 13.2. The summed E-state index contributed by atoms with van der Waals surface area (Å²) >= 11 is 0. The summed E-state index contributed by atoms with van der Waals surface area (Å²) in [6.07, 6.45) is 1.52. The molecule has 1 aliphatic heterocycles. The Bertz CT molecular complexity index is 1740. The molecule has 228 valence electrons. The predicted molar refractivity (Wildman–Crippen MR) is 156 cm³/mol. The van der Waals surface area contributed by atoms with E-state index in [2.05, 4.69) is 30.3 Å². The molecule has 0 amide bonds. The fourth-order valence-electron chi connectivity index (χ4n) is 4.74. The summed E-state index contributed by atoms with van der Waals surface area (Å²) in [6, 6.07) is 10.6. The molecule has 1 saturated heterocycles. The first-order valence-electron chi connectivity index (χ1n) is 13.6. The zero-order valence-corrected chi connectivity index (χ0v) is 24.2. The molecule has 0 aliphatic carbocycles. The Morgan fingerprint density at radius 3 is 2.63 bits per heavy atom. The Kier molecular flexibility index (Phi) is 8.69. The number of ether oxygens (including phenoxy) is 1. The van der Waals surface area contributed by atoms with Crippen molar-refractivity contribution in [2.45, 2.75) is 44.8 Å². The van der Waals surface area contributed by atoms with Gasteiger partial charge in [-0.05, 0) is 49.7 Å². The molecule has 1 aliphatic rings. The van der Waals surface area contributed by atoms with Crippen molar-refractivity contribution < 1.29 is 30.7 Å². The summed E-state index contributed by atoms with van der Waals surface area (Å²) < 4.78 is 88.9. The van der Waals surface area contributed by atoms with Gasteiger partial charge in [0.05, 0.1) is 22.7 Å². The molecule has 5 rings (SSSR count). The number of aromatic nitrogens is 3. The number of sulfonamides is 1. The molecule has 14 heteroatoms. The highest BCUT2D eigenvalue weighted by molar-refractivity contribution is 7.92. The highest BCUT2D eigenvalue weighted by Gasteiger charge is 2.27. The molecule has 9 nitrogen and oxygen atoms in total. The first-order valence-corrected chi connectivity index (χ1v) is 15.2.